The normalized spacial score (nSPS) is 24.9. The van der Waals surface area contributed by atoms with Gasteiger partial charge in [-0.15, -0.1) is 11.8 Å². The van der Waals surface area contributed by atoms with Gasteiger partial charge in [-0.1, -0.05) is 17.7 Å². The summed E-state index contributed by atoms with van der Waals surface area (Å²) in [6.45, 7) is 4.41. The zero-order valence-electron chi connectivity index (χ0n) is 11.1. The molecule has 1 aromatic rings. The Morgan fingerprint density at radius 1 is 1.12 bits per heavy atom. The lowest BCUT2D eigenvalue weighted by Crippen LogP contribution is -2.30. The first-order valence-corrected chi connectivity index (χ1v) is 7.48. The Balaban J connectivity index is 1.95. The molecule has 0 amide bonds. The number of thioether (sulfide) groups is 1. The fourth-order valence-electron chi connectivity index (χ4n) is 2.48. The summed E-state index contributed by atoms with van der Waals surface area (Å²) in [4.78, 5) is 1.48. The summed E-state index contributed by atoms with van der Waals surface area (Å²) in [5.41, 5.74) is 2.80. The van der Waals surface area contributed by atoms with Crippen molar-refractivity contribution in [2.75, 3.05) is 7.05 Å². The molecule has 0 spiro atoms. The molecule has 0 saturated heterocycles. The Hall–Kier alpha value is -0.470. The van der Waals surface area contributed by atoms with Crippen molar-refractivity contribution < 1.29 is 0 Å². The van der Waals surface area contributed by atoms with Crippen LogP contribution >= 0.6 is 11.8 Å². The van der Waals surface area contributed by atoms with E-state index in [4.69, 9.17) is 0 Å². The predicted molar refractivity (Wildman–Crippen MR) is 76.9 cm³/mol. The molecule has 0 aromatic heterocycles. The van der Waals surface area contributed by atoms with Gasteiger partial charge in [0.1, 0.15) is 0 Å². The topological polar surface area (TPSA) is 12.0 Å². The first-order valence-electron chi connectivity index (χ1n) is 6.60. The van der Waals surface area contributed by atoms with Gasteiger partial charge >= 0.3 is 0 Å². The van der Waals surface area contributed by atoms with E-state index in [9.17, 15) is 0 Å². The van der Waals surface area contributed by atoms with Gasteiger partial charge in [-0.3, -0.25) is 0 Å². The van der Waals surface area contributed by atoms with Crippen LogP contribution in [0, 0.1) is 13.8 Å². The summed E-state index contributed by atoms with van der Waals surface area (Å²) in [5, 5.41) is 4.22. The maximum absolute atomic E-state index is 3.40. The van der Waals surface area contributed by atoms with E-state index in [1.54, 1.807) is 0 Å². The Kier molecular flexibility index (Phi) is 4.52. The Morgan fingerprint density at radius 2 is 1.82 bits per heavy atom. The van der Waals surface area contributed by atoms with Crippen LogP contribution in [0.3, 0.4) is 0 Å². The third-order valence-electron chi connectivity index (χ3n) is 3.72. The van der Waals surface area contributed by atoms with E-state index in [2.05, 4.69) is 56.2 Å². The molecule has 2 heteroatoms. The highest BCUT2D eigenvalue weighted by molar-refractivity contribution is 8.00. The molecular weight excluding hydrogens is 226 g/mol. The Bertz CT molecular complexity index is 367. The molecular formula is C15H23NS. The summed E-state index contributed by atoms with van der Waals surface area (Å²) in [6.07, 6.45) is 5.37. The predicted octanol–water partition coefficient (Wildman–Crippen LogP) is 3.93. The van der Waals surface area contributed by atoms with Crippen LogP contribution in [0.15, 0.2) is 23.1 Å². The van der Waals surface area contributed by atoms with Gasteiger partial charge in [0.25, 0.3) is 0 Å². The van der Waals surface area contributed by atoms with Crippen LogP contribution in [0.1, 0.15) is 36.8 Å². The van der Waals surface area contributed by atoms with E-state index in [1.165, 1.54) is 41.7 Å². The highest BCUT2D eigenvalue weighted by Crippen LogP contribution is 2.35. The van der Waals surface area contributed by atoms with E-state index in [0.717, 1.165) is 11.3 Å². The third kappa shape index (κ3) is 3.49. The summed E-state index contributed by atoms with van der Waals surface area (Å²) in [7, 11) is 2.09. The molecule has 1 nitrogen and oxygen atoms in total. The van der Waals surface area contributed by atoms with E-state index in [0.29, 0.717) is 0 Å². The van der Waals surface area contributed by atoms with Crippen molar-refractivity contribution >= 4 is 11.8 Å². The van der Waals surface area contributed by atoms with Crippen molar-refractivity contribution in [3.63, 3.8) is 0 Å². The smallest absolute Gasteiger partial charge is 0.0107 e. The number of hydrogen-bond acceptors (Lipinski definition) is 2. The molecule has 0 unspecified atom stereocenters. The van der Waals surface area contributed by atoms with Gasteiger partial charge in [0.05, 0.1) is 0 Å². The largest absolute Gasteiger partial charge is 0.317 e. The molecule has 1 N–H and O–H groups in total. The van der Waals surface area contributed by atoms with E-state index in [-0.39, 0.29) is 0 Å². The van der Waals surface area contributed by atoms with E-state index in [1.807, 2.05) is 0 Å². The minimum Gasteiger partial charge on any atom is -0.317 e. The highest BCUT2D eigenvalue weighted by atomic mass is 32.2. The molecule has 1 aliphatic carbocycles. The molecule has 1 aliphatic rings. The minimum atomic E-state index is 0.755. The number of hydrogen-bond donors (Lipinski definition) is 1. The van der Waals surface area contributed by atoms with Gasteiger partial charge in [-0.2, -0.15) is 0 Å². The molecule has 1 aromatic carbocycles. The van der Waals surface area contributed by atoms with Crippen LogP contribution in [-0.4, -0.2) is 18.3 Å². The molecule has 1 saturated carbocycles. The maximum Gasteiger partial charge on any atom is 0.0107 e. The number of benzene rings is 1. The number of nitrogens with one attached hydrogen (secondary N) is 1. The average molecular weight is 249 g/mol. The highest BCUT2D eigenvalue weighted by Gasteiger charge is 2.21. The SMILES string of the molecule is CNC1CCC(Sc2cc(C)ccc2C)CC1. The number of aryl methyl sites for hydroxylation is 2. The lowest BCUT2D eigenvalue weighted by atomic mass is 9.95. The zero-order valence-corrected chi connectivity index (χ0v) is 11.9. The van der Waals surface area contributed by atoms with Crippen molar-refractivity contribution in [2.45, 2.75) is 55.7 Å². The van der Waals surface area contributed by atoms with Gasteiger partial charge in [-0.05, 0) is 58.2 Å². The molecule has 0 heterocycles. The third-order valence-corrected chi connectivity index (χ3v) is 5.22. The van der Waals surface area contributed by atoms with Crippen LogP contribution in [-0.2, 0) is 0 Å². The second-order valence-corrected chi connectivity index (χ2v) is 6.49. The van der Waals surface area contributed by atoms with Crippen molar-refractivity contribution in [1.82, 2.24) is 5.32 Å². The standard InChI is InChI=1S/C15H23NS/c1-11-4-5-12(2)15(10-11)17-14-8-6-13(16-3)7-9-14/h4-5,10,13-14,16H,6-9H2,1-3H3. The van der Waals surface area contributed by atoms with Gasteiger partial charge in [-0.25, -0.2) is 0 Å². The Morgan fingerprint density at radius 3 is 2.47 bits per heavy atom. The summed E-state index contributed by atoms with van der Waals surface area (Å²) in [6, 6.07) is 7.55. The van der Waals surface area contributed by atoms with Crippen LogP contribution in [0.2, 0.25) is 0 Å². The average Bonchev–Trinajstić information content (AvgIpc) is 2.35. The second kappa shape index (κ2) is 5.92. The fraction of sp³-hybridized carbons (Fsp3) is 0.600. The zero-order chi connectivity index (χ0) is 12.3. The summed E-state index contributed by atoms with van der Waals surface area (Å²) >= 11 is 2.09. The van der Waals surface area contributed by atoms with Crippen molar-refractivity contribution in [3.05, 3.63) is 29.3 Å². The van der Waals surface area contributed by atoms with E-state index >= 15 is 0 Å². The van der Waals surface area contributed by atoms with Crippen LogP contribution < -0.4 is 5.32 Å². The summed E-state index contributed by atoms with van der Waals surface area (Å²) < 4.78 is 0. The van der Waals surface area contributed by atoms with Gasteiger partial charge in [0, 0.05) is 16.2 Å². The van der Waals surface area contributed by atoms with Crippen LogP contribution in [0.25, 0.3) is 0 Å². The van der Waals surface area contributed by atoms with Crippen molar-refractivity contribution in [1.29, 1.82) is 0 Å². The van der Waals surface area contributed by atoms with Crippen molar-refractivity contribution in [2.24, 2.45) is 0 Å². The first-order chi connectivity index (χ1) is 8.19. The van der Waals surface area contributed by atoms with Gasteiger partial charge in [0.15, 0.2) is 0 Å². The van der Waals surface area contributed by atoms with Crippen LogP contribution in [0.5, 0.6) is 0 Å². The molecule has 0 bridgehead atoms. The minimum absolute atomic E-state index is 0.755. The molecule has 2 rings (SSSR count). The number of rotatable bonds is 3. The molecule has 94 valence electrons. The van der Waals surface area contributed by atoms with E-state index < -0.39 is 0 Å². The van der Waals surface area contributed by atoms with Crippen LogP contribution in [0.4, 0.5) is 0 Å². The lowest BCUT2D eigenvalue weighted by molar-refractivity contribution is 0.401. The van der Waals surface area contributed by atoms with Gasteiger partial charge in [0.2, 0.25) is 0 Å². The molecule has 0 atom stereocenters. The molecule has 0 radical (unpaired) electrons. The molecule has 1 fully saturated rings. The molecule has 17 heavy (non-hydrogen) atoms. The monoisotopic (exact) mass is 249 g/mol. The quantitative estimate of drug-likeness (QED) is 0.871. The molecule has 0 aliphatic heterocycles. The lowest BCUT2D eigenvalue weighted by Gasteiger charge is -2.28. The first kappa shape index (κ1) is 13.0. The Labute approximate surface area is 109 Å². The fourth-order valence-corrected chi connectivity index (χ4v) is 3.86. The van der Waals surface area contributed by atoms with Gasteiger partial charge < -0.3 is 5.32 Å². The van der Waals surface area contributed by atoms with Crippen molar-refractivity contribution in [3.8, 4) is 0 Å². The second-order valence-electron chi connectivity index (χ2n) is 5.15. The summed E-state index contributed by atoms with van der Waals surface area (Å²) in [5.74, 6) is 0. The maximum atomic E-state index is 3.40.